The Kier molecular flexibility index (Phi) is 3.66. The topological polar surface area (TPSA) is 102 Å². The molecule has 0 aromatic rings. The fraction of sp³-hybridized carbons (Fsp3) is 0.929. The first-order chi connectivity index (χ1) is 8.99. The number of hydrogen-bond donors (Lipinski definition) is 3. The van der Waals surface area contributed by atoms with E-state index in [1.54, 1.807) is 0 Å². The predicted octanol–water partition coefficient (Wildman–Crippen LogP) is 0.704. The molecule has 1 heterocycles. The van der Waals surface area contributed by atoms with Crippen LogP contribution >= 0.6 is 0 Å². The highest BCUT2D eigenvalue weighted by Gasteiger charge is 2.66. The molecule has 0 aromatic heterocycles. The summed E-state index contributed by atoms with van der Waals surface area (Å²) in [7, 11) is 0. The van der Waals surface area contributed by atoms with Gasteiger partial charge in [-0.1, -0.05) is 13.8 Å². The first kappa shape index (κ1) is 15.7. The molecule has 1 saturated heterocycles. The van der Waals surface area contributed by atoms with Crippen molar-refractivity contribution < 1.29 is 24.5 Å². The minimum absolute atomic E-state index is 0.127. The highest BCUT2D eigenvalue weighted by Crippen LogP contribution is 2.52. The Balaban J connectivity index is 2.43. The van der Waals surface area contributed by atoms with Crippen LogP contribution in [0.3, 0.4) is 0 Å². The maximum atomic E-state index is 11.8. The molecule has 0 aromatic carbocycles. The van der Waals surface area contributed by atoms with Crippen molar-refractivity contribution in [3.63, 3.8) is 0 Å². The molecule has 0 unspecified atom stereocenters. The van der Waals surface area contributed by atoms with E-state index in [2.05, 4.69) is 0 Å². The van der Waals surface area contributed by atoms with Crippen LogP contribution in [-0.4, -0.2) is 33.5 Å². The zero-order valence-corrected chi connectivity index (χ0v) is 12.5. The zero-order chi connectivity index (χ0) is 15.3. The molecule has 2 rings (SSSR count). The molecule has 5 atom stereocenters. The SMILES string of the molecule is C[C@@H]1CC[C@H]2CC(=O)O[C@@](N)(OC(C)(C)O)[C@]2(O)[C@H]1C. The number of rotatable bonds is 2. The smallest absolute Gasteiger partial charge is 0.309 e. The molecule has 1 aliphatic carbocycles. The van der Waals surface area contributed by atoms with Gasteiger partial charge in [0.15, 0.2) is 11.4 Å². The third-order valence-electron chi connectivity index (χ3n) is 4.78. The molecule has 1 saturated carbocycles. The van der Waals surface area contributed by atoms with Crippen molar-refractivity contribution in [2.75, 3.05) is 0 Å². The van der Waals surface area contributed by atoms with Crippen molar-refractivity contribution in [1.29, 1.82) is 0 Å². The number of cyclic esters (lactones) is 1. The molecule has 0 bridgehead atoms. The van der Waals surface area contributed by atoms with E-state index in [4.69, 9.17) is 15.2 Å². The van der Waals surface area contributed by atoms with Crippen molar-refractivity contribution >= 4 is 5.97 Å². The summed E-state index contributed by atoms with van der Waals surface area (Å²) in [5.41, 5.74) is 4.60. The number of nitrogens with two attached hydrogens (primary N) is 1. The van der Waals surface area contributed by atoms with Gasteiger partial charge in [-0.2, -0.15) is 0 Å². The maximum absolute atomic E-state index is 11.8. The molecule has 116 valence electrons. The van der Waals surface area contributed by atoms with Gasteiger partial charge >= 0.3 is 11.9 Å². The van der Waals surface area contributed by atoms with Gasteiger partial charge in [0, 0.05) is 5.92 Å². The van der Waals surface area contributed by atoms with Crippen LogP contribution in [0.25, 0.3) is 0 Å². The van der Waals surface area contributed by atoms with Gasteiger partial charge in [0.2, 0.25) is 0 Å². The molecule has 6 nitrogen and oxygen atoms in total. The third kappa shape index (κ3) is 2.35. The molecule has 2 aliphatic rings. The minimum atomic E-state index is -2.03. The fourth-order valence-electron chi connectivity index (χ4n) is 3.57. The van der Waals surface area contributed by atoms with Crippen LogP contribution in [0.15, 0.2) is 0 Å². The number of esters is 1. The van der Waals surface area contributed by atoms with Crippen molar-refractivity contribution in [2.45, 2.75) is 64.3 Å². The number of carbonyl (C=O) groups is 1. The summed E-state index contributed by atoms with van der Waals surface area (Å²) in [5.74, 6) is -4.45. The standard InChI is InChI=1S/C14H25NO5/c1-8-5-6-10-7-11(16)19-14(15,20-12(3,4)17)13(10,18)9(8)2/h8-10,17-18H,5-7,15H2,1-4H3/t8-,9+,10+,13+,14-/m1/s1. The Morgan fingerprint density at radius 2 is 2.00 bits per heavy atom. The van der Waals surface area contributed by atoms with Crippen LogP contribution in [0, 0.1) is 17.8 Å². The Morgan fingerprint density at radius 3 is 2.55 bits per heavy atom. The number of aliphatic hydroxyl groups is 2. The monoisotopic (exact) mass is 287 g/mol. The van der Waals surface area contributed by atoms with E-state index in [9.17, 15) is 15.0 Å². The summed E-state index contributed by atoms with van der Waals surface area (Å²) in [5, 5.41) is 21.1. The zero-order valence-electron chi connectivity index (χ0n) is 12.5. The highest BCUT2D eigenvalue weighted by atomic mass is 16.8. The molecular formula is C14H25NO5. The third-order valence-corrected chi connectivity index (χ3v) is 4.78. The molecule has 0 radical (unpaired) electrons. The Bertz CT molecular complexity index is 407. The quantitative estimate of drug-likeness (QED) is 0.510. The van der Waals surface area contributed by atoms with E-state index in [0.717, 1.165) is 6.42 Å². The normalized spacial score (nSPS) is 45.8. The van der Waals surface area contributed by atoms with Gasteiger partial charge in [0.05, 0.1) is 6.42 Å². The van der Waals surface area contributed by atoms with Crippen LogP contribution in [-0.2, 0) is 14.3 Å². The van der Waals surface area contributed by atoms with Gasteiger partial charge in [0.25, 0.3) is 0 Å². The molecule has 0 amide bonds. The Labute approximate surface area is 119 Å². The molecular weight excluding hydrogens is 262 g/mol. The highest BCUT2D eigenvalue weighted by molar-refractivity contribution is 5.71. The van der Waals surface area contributed by atoms with E-state index in [1.807, 2.05) is 13.8 Å². The average Bonchev–Trinajstić information content (AvgIpc) is 2.26. The number of fused-ring (bicyclic) bond motifs is 1. The Morgan fingerprint density at radius 1 is 1.40 bits per heavy atom. The average molecular weight is 287 g/mol. The van der Waals surface area contributed by atoms with E-state index in [0.29, 0.717) is 6.42 Å². The summed E-state index contributed by atoms with van der Waals surface area (Å²) in [4.78, 5) is 11.8. The van der Waals surface area contributed by atoms with Crippen molar-refractivity contribution in [3.05, 3.63) is 0 Å². The van der Waals surface area contributed by atoms with Crippen LogP contribution in [0.4, 0.5) is 0 Å². The van der Waals surface area contributed by atoms with Crippen LogP contribution in [0.2, 0.25) is 0 Å². The summed E-state index contributed by atoms with van der Waals surface area (Å²) in [6.07, 6.45) is 1.73. The minimum Gasteiger partial charge on any atom is -0.416 e. The molecule has 0 spiro atoms. The van der Waals surface area contributed by atoms with Gasteiger partial charge in [-0.05, 0) is 38.5 Å². The van der Waals surface area contributed by atoms with Crippen LogP contribution in [0.5, 0.6) is 0 Å². The molecule has 20 heavy (non-hydrogen) atoms. The summed E-state index contributed by atoms with van der Waals surface area (Å²) in [6.45, 7) is 6.68. The van der Waals surface area contributed by atoms with E-state index >= 15 is 0 Å². The van der Waals surface area contributed by atoms with E-state index in [-0.39, 0.29) is 24.2 Å². The first-order valence-electron chi connectivity index (χ1n) is 7.15. The largest absolute Gasteiger partial charge is 0.416 e. The van der Waals surface area contributed by atoms with Gasteiger partial charge in [-0.3, -0.25) is 15.3 Å². The lowest BCUT2D eigenvalue weighted by Gasteiger charge is -2.57. The second-order valence-corrected chi connectivity index (χ2v) is 6.76. The predicted molar refractivity (Wildman–Crippen MR) is 71.0 cm³/mol. The fourth-order valence-corrected chi connectivity index (χ4v) is 3.57. The van der Waals surface area contributed by atoms with Gasteiger partial charge in [-0.25, -0.2) is 0 Å². The second kappa shape index (κ2) is 4.66. The van der Waals surface area contributed by atoms with Crippen molar-refractivity contribution in [2.24, 2.45) is 23.5 Å². The Hall–Kier alpha value is -0.690. The van der Waals surface area contributed by atoms with E-state index < -0.39 is 23.3 Å². The number of ether oxygens (including phenoxy) is 2. The number of carbonyl (C=O) groups excluding carboxylic acids is 1. The lowest BCUT2D eigenvalue weighted by Crippen LogP contribution is -2.76. The van der Waals surface area contributed by atoms with Crippen LogP contribution < -0.4 is 5.73 Å². The van der Waals surface area contributed by atoms with Gasteiger partial charge < -0.3 is 14.9 Å². The second-order valence-electron chi connectivity index (χ2n) is 6.76. The van der Waals surface area contributed by atoms with Crippen molar-refractivity contribution in [3.8, 4) is 0 Å². The van der Waals surface area contributed by atoms with Crippen molar-refractivity contribution in [1.82, 2.24) is 0 Å². The molecule has 4 N–H and O–H groups in total. The summed E-state index contributed by atoms with van der Waals surface area (Å²) < 4.78 is 10.5. The summed E-state index contributed by atoms with van der Waals surface area (Å²) in [6, 6.07) is 0. The summed E-state index contributed by atoms with van der Waals surface area (Å²) >= 11 is 0. The van der Waals surface area contributed by atoms with Gasteiger partial charge in [0.1, 0.15) is 0 Å². The lowest BCUT2D eigenvalue weighted by molar-refractivity contribution is -0.406. The van der Waals surface area contributed by atoms with E-state index in [1.165, 1.54) is 13.8 Å². The molecule has 6 heteroatoms. The maximum Gasteiger partial charge on any atom is 0.309 e. The molecule has 1 aliphatic heterocycles. The van der Waals surface area contributed by atoms with Crippen LogP contribution in [0.1, 0.15) is 47.0 Å². The lowest BCUT2D eigenvalue weighted by atomic mass is 9.61. The first-order valence-corrected chi connectivity index (χ1v) is 7.15. The number of hydrogen-bond acceptors (Lipinski definition) is 6. The molecule has 2 fully saturated rings. The van der Waals surface area contributed by atoms with Gasteiger partial charge in [-0.15, -0.1) is 0 Å².